The summed E-state index contributed by atoms with van der Waals surface area (Å²) >= 11 is 0. The predicted molar refractivity (Wildman–Crippen MR) is 155 cm³/mol. The summed E-state index contributed by atoms with van der Waals surface area (Å²) in [7, 11) is 0. The van der Waals surface area contributed by atoms with Gasteiger partial charge in [-0.25, -0.2) is 0 Å². The van der Waals surface area contributed by atoms with Gasteiger partial charge in [0, 0.05) is 19.6 Å². The van der Waals surface area contributed by atoms with Gasteiger partial charge in [0.25, 0.3) is 0 Å². The number of hydrogen-bond donors (Lipinski definition) is 1. The van der Waals surface area contributed by atoms with Gasteiger partial charge in [0.05, 0.1) is 11.8 Å². The van der Waals surface area contributed by atoms with Crippen LogP contribution in [0, 0.1) is 29.6 Å². The second-order valence-corrected chi connectivity index (χ2v) is 11.7. The van der Waals surface area contributed by atoms with Crippen LogP contribution in [0.2, 0.25) is 0 Å². The molecule has 6 rings (SSSR count). The second-order valence-electron chi connectivity index (χ2n) is 11.7. The lowest BCUT2D eigenvalue weighted by Gasteiger charge is -2.49. The second kappa shape index (κ2) is 11.9. The summed E-state index contributed by atoms with van der Waals surface area (Å²) in [6.07, 6.45) is 11.4. The van der Waals surface area contributed by atoms with Gasteiger partial charge >= 0.3 is 0 Å². The summed E-state index contributed by atoms with van der Waals surface area (Å²) in [4.78, 5) is 29.6. The van der Waals surface area contributed by atoms with Gasteiger partial charge in [-0.2, -0.15) is 0 Å². The third-order valence-electron chi connectivity index (χ3n) is 8.42. The molecule has 0 spiro atoms. The molecule has 41 heavy (non-hydrogen) atoms. The first-order valence-corrected chi connectivity index (χ1v) is 14.7. The van der Waals surface area contributed by atoms with Crippen LogP contribution < -0.4 is 24.3 Å². The highest BCUT2D eigenvalue weighted by atomic mass is 16.7. The molecule has 2 aromatic rings. The Balaban J connectivity index is 1.31. The van der Waals surface area contributed by atoms with E-state index >= 15 is 0 Å². The first-order chi connectivity index (χ1) is 20.0. The smallest absolute Gasteiger partial charge is 0.231 e. The van der Waals surface area contributed by atoms with Gasteiger partial charge in [-0.15, -0.1) is 0 Å². The molecule has 0 aromatic heterocycles. The van der Waals surface area contributed by atoms with Crippen molar-refractivity contribution >= 4 is 24.0 Å². The molecule has 4 aliphatic rings. The van der Waals surface area contributed by atoms with E-state index in [0.29, 0.717) is 24.0 Å². The highest BCUT2D eigenvalue weighted by molar-refractivity contribution is 5.91. The normalized spacial score (nSPS) is 24.7. The van der Waals surface area contributed by atoms with Crippen molar-refractivity contribution in [1.82, 2.24) is 10.2 Å². The lowest BCUT2D eigenvalue weighted by atomic mass is 9.55. The maximum absolute atomic E-state index is 14.0. The number of benzene rings is 2. The van der Waals surface area contributed by atoms with Gasteiger partial charge in [-0.05, 0) is 72.4 Å². The number of nitrogens with zero attached hydrogens (tertiary/aromatic N) is 1. The van der Waals surface area contributed by atoms with Gasteiger partial charge in [-0.3, -0.25) is 9.59 Å². The Morgan fingerprint density at radius 3 is 1.90 bits per heavy atom. The number of amides is 2. The first kappa shape index (κ1) is 27.2. The van der Waals surface area contributed by atoms with Crippen LogP contribution in [0.15, 0.2) is 48.6 Å². The minimum Gasteiger partial charge on any atom is -0.454 e. The van der Waals surface area contributed by atoms with Gasteiger partial charge in [0.15, 0.2) is 23.0 Å². The third-order valence-corrected chi connectivity index (χ3v) is 8.42. The zero-order chi connectivity index (χ0) is 28.3. The number of likely N-dealkylation sites (tertiary alicyclic amines) is 1. The molecule has 8 nitrogen and oxygen atoms in total. The molecule has 1 aliphatic carbocycles. The number of carbonyl (C=O) groups excluding carboxylic acids is 2. The SMILES string of the molecule is CC(C)CNC(=O)[C@@H]1[C@H](/C=C/c2ccc3c(c2)OCO3)[C@@H](/C=C/c2ccc3c(c2)OCO3)[C@H]1C(=O)N1CCCCC1. The number of fused-ring (bicyclic) bond motifs is 2. The van der Waals surface area contributed by atoms with Crippen LogP contribution in [0.4, 0.5) is 0 Å². The molecule has 2 fully saturated rings. The Bertz CT molecular complexity index is 1350. The summed E-state index contributed by atoms with van der Waals surface area (Å²) in [6.45, 7) is 6.68. The Morgan fingerprint density at radius 2 is 1.34 bits per heavy atom. The van der Waals surface area contributed by atoms with Gasteiger partial charge in [0.1, 0.15) is 0 Å². The molecule has 1 N–H and O–H groups in total. The van der Waals surface area contributed by atoms with E-state index in [1.165, 1.54) is 0 Å². The zero-order valence-corrected chi connectivity index (χ0v) is 23.7. The highest BCUT2D eigenvalue weighted by Gasteiger charge is 2.55. The summed E-state index contributed by atoms with van der Waals surface area (Å²) in [6, 6.07) is 11.6. The summed E-state index contributed by atoms with van der Waals surface area (Å²) in [5, 5.41) is 3.12. The lowest BCUT2D eigenvalue weighted by molar-refractivity contribution is -0.155. The summed E-state index contributed by atoms with van der Waals surface area (Å²) in [5.74, 6) is 2.10. The molecule has 1 saturated heterocycles. The predicted octanol–water partition coefficient (Wildman–Crippen LogP) is 5.13. The van der Waals surface area contributed by atoms with Crippen LogP contribution in [0.3, 0.4) is 0 Å². The molecule has 216 valence electrons. The molecule has 3 aliphatic heterocycles. The molecule has 4 atom stereocenters. The van der Waals surface area contributed by atoms with Crippen LogP contribution in [-0.4, -0.2) is 49.9 Å². The molecule has 3 heterocycles. The molecular formula is C33H38N2O6. The van der Waals surface area contributed by atoms with Crippen molar-refractivity contribution in [2.75, 3.05) is 33.2 Å². The van der Waals surface area contributed by atoms with E-state index in [4.69, 9.17) is 18.9 Å². The molecule has 2 aromatic carbocycles. The van der Waals surface area contributed by atoms with Crippen LogP contribution in [-0.2, 0) is 9.59 Å². The Morgan fingerprint density at radius 1 is 0.805 bits per heavy atom. The largest absolute Gasteiger partial charge is 0.454 e. The fraction of sp³-hybridized carbons (Fsp3) is 0.455. The van der Waals surface area contributed by atoms with Crippen LogP contribution in [0.5, 0.6) is 23.0 Å². The van der Waals surface area contributed by atoms with Crippen LogP contribution in [0.25, 0.3) is 12.2 Å². The van der Waals surface area contributed by atoms with Crippen molar-refractivity contribution in [1.29, 1.82) is 0 Å². The van der Waals surface area contributed by atoms with E-state index in [-0.39, 0.29) is 37.2 Å². The number of nitrogens with one attached hydrogen (secondary N) is 1. The highest BCUT2D eigenvalue weighted by Crippen LogP contribution is 2.50. The minimum absolute atomic E-state index is 0.0536. The third kappa shape index (κ3) is 5.78. The molecule has 8 heteroatoms. The van der Waals surface area contributed by atoms with E-state index in [1.807, 2.05) is 53.5 Å². The van der Waals surface area contributed by atoms with Gasteiger partial charge in [0.2, 0.25) is 25.4 Å². The van der Waals surface area contributed by atoms with Crippen molar-refractivity contribution in [2.45, 2.75) is 33.1 Å². The number of rotatable bonds is 8. The number of piperidine rings is 1. The van der Waals surface area contributed by atoms with E-state index in [9.17, 15) is 9.59 Å². The molecule has 2 amide bonds. The summed E-state index contributed by atoms with van der Waals surface area (Å²) < 4.78 is 22.0. The first-order valence-electron chi connectivity index (χ1n) is 14.7. The monoisotopic (exact) mass is 558 g/mol. The van der Waals surface area contributed by atoms with E-state index in [2.05, 4.69) is 31.3 Å². The van der Waals surface area contributed by atoms with Crippen molar-refractivity contribution < 1.29 is 28.5 Å². The lowest BCUT2D eigenvalue weighted by Crippen LogP contribution is -2.59. The standard InChI is InChI=1S/C33H38N2O6/c1-21(2)18-34-32(36)30-24(10-6-22-8-12-26-28(16-22)40-19-38-26)25(31(30)33(37)35-14-4-3-5-15-35)11-7-23-9-13-27-29(17-23)41-20-39-27/h6-13,16-17,21,24-25,30-31H,3-5,14-15,18-20H2,1-2H3,(H,34,36)/b10-6+,11-7+/t24-,25-,30-,31-/m1/s1. The van der Waals surface area contributed by atoms with Crippen molar-refractivity contribution in [2.24, 2.45) is 29.6 Å². The zero-order valence-electron chi connectivity index (χ0n) is 23.7. The van der Waals surface area contributed by atoms with E-state index in [1.54, 1.807) is 0 Å². The Labute approximate surface area is 241 Å². The number of hydrogen-bond acceptors (Lipinski definition) is 6. The average Bonchev–Trinajstić information content (AvgIpc) is 3.64. The molecule has 0 bridgehead atoms. The Hall–Kier alpha value is -3.94. The van der Waals surface area contributed by atoms with Crippen LogP contribution >= 0.6 is 0 Å². The minimum atomic E-state index is -0.445. The number of allylic oxidation sites excluding steroid dienone is 2. The van der Waals surface area contributed by atoms with Gasteiger partial charge in [-0.1, -0.05) is 50.3 Å². The molecule has 0 radical (unpaired) electrons. The maximum atomic E-state index is 14.0. The van der Waals surface area contributed by atoms with E-state index < -0.39 is 11.8 Å². The molecule has 1 saturated carbocycles. The van der Waals surface area contributed by atoms with Crippen molar-refractivity contribution in [3.8, 4) is 23.0 Å². The van der Waals surface area contributed by atoms with Crippen molar-refractivity contribution in [3.05, 3.63) is 59.7 Å². The van der Waals surface area contributed by atoms with E-state index in [0.717, 1.165) is 55.0 Å². The quantitative estimate of drug-likeness (QED) is 0.483. The van der Waals surface area contributed by atoms with Crippen LogP contribution in [0.1, 0.15) is 44.2 Å². The van der Waals surface area contributed by atoms with Crippen molar-refractivity contribution in [3.63, 3.8) is 0 Å². The number of carbonyl (C=O) groups is 2. The Kier molecular flexibility index (Phi) is 7.90. The summed E-state index contributed by atoms with van der Waals surface area (Å²) in [5.41, 5.74) is 1.92. The topological polar surface area (TPSA) is 86.3 Å². The van der Waals surface area contributed by atoms with Gasteiger partial charge < -0.3 is 29.2 Å². The molecule has 0 unspecified atom stereocenters. The average molecular weight is 559 g/mol. The fourth-order valence-electron chi connectivity index (χ4n) is 6.19. The number of ether oxygens (including phenoxy) is 4. The molecular weight excluding hydrogens is 520 g/mol. The maximum Gasteiger partial charge on any atom is 0.231 e. The fourth-order valence-corrected chi connectivity index (χ4v) is 6.19.